The van der Waals surface area contributed by atoms with Crippen molar-refractivity contribution in [2.45, 2.75) is 39.3 Å². The maximum Gasteiger partial charge on any atom is 0.108 e. The van der Waals surface area contributed by atoms with Crippen LogP contribution in [-0.4, -0.2) is 37.1 Å². The smallest absolute Gasteiger partial charge is 0.108 e. The highest BCUT2D eigenvalue weighted by Gasteiger charge is 2.13. The number of nitriles is 1. The van der Waals surface area contributed by atoms with E-state index in [0.717, 1.165) is 19.5 Å². The second kappa shape index (κ2) is 6.88. The topological polar surface area (TPSA) is 39.1 Å². The molecule has 0 aliphatic rings. The lowest BCUT2D eigenvalue weighted by Crippen LogP contribution is -2.42. The highest BCUT2D eigenvalue weighted by atomic mass is 15.2. The Kier molecular flexibility index (Phi) is 6.56. The van der Waals surface area contributed by atoms with Crippen LogP contribution in [0.5, 0.6) is 0 Å². The van der Waals surface area contributed by atoms with Crippen molar-refractivity contribution in [3.8, 4) is 6.07 Å². The molecule has 0 aliphatic heterocycles. The summed E-state index contributed by atoms with van der Waals surface area (Å²) in [7, 11) is 1.83. The van der Waals surface area contributed by atoms with Crippen LogP contribution in [-0.2, 0) is 0 Å². The number of rotatable bonds is 6. The van der Waals surface area contributed by atoms with E-state index in [1.165, 1.54) is 0 Å². The third kappa shape index (κ3) is 4.87. The summed E-state index contributed by atoms with van der Waals surface area (Å²) in [6.07, 6.45) is 1.14. The monoisotopic (exact) mass is 183 g/mol. The third-order valence-electron chi connectivity index (χ3n) is 2.16. The Morgan fingerprint density at radius 2 is 2.08 bits per heavy atom. The standard InChI is InChI=1S/C10H21N3/c1-5-6-13(9(2)3)8-10(7-11)12-4/h9-10,12H,5-6,8H2,1-4H3. The van der Waals surface area contributed by atoms with Gasteiger partial charge in [-0.15, -0.1) is 0 Å². The van der Waals surface area contributed by atoms with Crippen LogP contribution in [0.1, 0.15) is 27.2 Å². The molecule has 3 heteroatoms. The van der Waals surface area contributed by atoms with Crippen molar-refractivity contribution in [2.75, 3.05) is 20.1 Å². The van der Waals surface area contributed by atoms with Gasteiger partial charge in [-0.25, -0.2) is 0 Å². The van der Waals surface area contributed by atoms with Gasteiger partial charge in [-0.2, -0.15) is 5.26 Å². The fourth-order valence-electron chi connectivity index (χ4n) is 1.28. The minimum Gasteiger partial charge on any atom is -0.304 e. The Balaban J connectivity index is 4.01. The lowest BCUT2D eigenvalue weighted by Gasteiger charge is -2.27. The average molecular weight is 183 g/mol. The molecule has 0 bridgehead atoms. The van der Waals surface area contributed by atoms with E-state index in [4.69, 9.17) is 5.26 Å². The van der Waals surface area contributed by atoms with Gasteiger partial charge in [0.1, 0.15) is 6.04 Å². The molecular weight excluding hydrogens is 162 g/mol. The fourth-order valence-corrected chi connectivity index (χ4v) is 1.28. The first-order chi connectivity index (χ1) is 6.15. The normalized spacial score (nSPS) is 13.3. The molecule has 0 aromatic heterocycles. The first-order valence-corrected chi connectivity index (χ1v) is 4.96. The molecule has 0 saturated carbocycles. The Morgan fingerprint density at radius 1 is 1.46 bits per heavy atom. The highest BCUT2D eigenvalue weighted by Crippen LogP contribution is 2.00. The van der Waals surface area contributed by atoms with Crippen molar-refractivity contribution in [2.24, 2.45) is 0 Å². The van der Waals surface area contributed by atoms with Gasteiger partial charge in [-0.05, 0) is 33.9 Å². The number of hydrogen-bond donors (Lipinski definition) is 1. The van der Waals surface area contributed by atoms with Crippen LogP contribution >= 0.6 is 0 Å². The van der Waals surface area contributed by atoms with Crippen LogP contribution in [0.3, 0.4) is 0 Å². The van der Waals surface area contributed by atoms with Crippen molar-refractivity contribution in [3.05, 3.63) is 0 Å². The summed E-state index contributed by atoms with van der Waals surface area (Å²) in [6.45, 7) is 8.38. The van der Waals surface area contributed by atoms with Gasteiger partial charge in [0.2, 0.25) is 0 Å². The molecule has 0 amide bonds. The zero-order chi connectivity index (χ0) is 10.3. The molecule has 0 heterocycles. The fraction of sp³-hybridized carbons (Fsp3) is 0.900. The quantitative estimate of drug-likeness (QED) is 0.673. The number of hydrogen-bond acceptors (Lipinski definition) is 3. The van der Waals surface area contributed by atoms with Crippen molar-refractivity contribution in [1.29, 1.82) is 5.26 Å². The Labute approximate surface area is 81.7 Å². The molecule has 3 nitrogen and oxygen atoms in total. The van der Waals surface area contributed by atoms with Gasteiger partial charge in [0, 0.05) is 12.6 Å². The molecule has 0 rings (SSSR count). The molecule has 0 aliphatic carbocycles. The van der Waals surface area contributed by atoms with Crippen LogP contribution in [0.15, 0.2) is 0 Å². The molecule has 0 aromatic rings. The van der Waals surface area contributed by atoms with Crippen LogP contribution in [0.4, 0.5) is 0 Å². The number of likely N-dealkylation sites (N-methyl/N-ethyl adjacent to an activating group) is 1. The van der Waals surface area contributed by atoms with Crippen molar-refractivity contribution in [1.82, 2.24) is 10.2 Å². The number of nitrogens with one attached hydrogen (secondary N) is 1. The summed E-state index contributed by atoms with van der Waals surface area (Å²) in [4.78, 5) is 2.32. The van der Waals surface area contributed by atoms with E-state index in [9.17, 15) is 0 Å². The molecule has 76 valence electrons. The van der Waals surface area contributed by atoms with Crippen molar-refractivity contribution >= 4 is 0 Å². The van der Waals surface area contributed by atoms with E-state index in [1.54, 1.807) is 0 Å². The largest absolute Gasteiger partial charge is 0.304 e. The van der Waals surface area contributed by atoms with E-state index in [0.29, 0.717) is 6.04 Å². The summed E-state index contributed by atoms with van der Waals surface area (Å²) >= 11 is 0. The summed E-state index contributed by atoms with van der Waals surface area (Å²) in [5.41, 5.74) is 0. The molecule has 0 radical (unpaired) electrons. The van der Waals surface area contributed by atoms with Crippen LogP contribution in [0.25, 0.3) is 0 Å². The van der Waals surface area contributed by atoms with Crippen LogP contribution < -0.4 is 5.32 Å². The van der Waals surface area contributed by atoms with E-state index in [1.807, 2.05) is 7.05 Å². The van der Waals surface area contributed by atoms with E-state index in [-0.39, 0.29) is 6.04 Å². The van der Waals surface area contributed by atoms with E-state index >= 15 is 0 Å². The van der Waals surface area contributed by atoms with Gasteiger partial charge in [0.25, 0.3) is 0 Å². The lowest BCUT2D eigenvalue weighted by atomic mass is 10.2. The number of nitrogens with zero attached hydrogens (tertiary/aromatic N) is 2. The first-order valence-electron chi connectivity index (χ1n) is 4.96. The minimum absolute atomic E-state index is 0.0473. The predicted molar refractivity (Wildman–Crippen MR) is 55.5 cm³/mol. The summed E-state index contributed by atoms with van der Waals surface area (Å²) in [5.74, 6) is 0. The maximum atomic E-state index is 8.79. The molecule has 1 atom stereocenters. The SMILES string of the molecule is CCCN(CC(C#N)NC)C(C)C. The minimum atomic E-state index is -0.0473. The van der Waals surface area contributed by atoms with Gasteiger partial charge in [0.15, 0.2) is 0 Å². The van der Waals surface area contributed by atoms with Gasteiger partial charge in [-0.3, -0.25) is 4.90 Å². The zero-order valence-electron chi connectivity index (χ0n) is 9.17. The molecule has 0 aromatic carbocycles. The average Bonchev–Trinajstić information content (AvgIpc) is 2.11. The van der Waals surface area contributed by atoms with Crippen LogP contribution in [0.2, 0.25) is 0 Å². The van der Waals surface area contributed by atoms with Gasteiger partial charge in [-0.1, -0.05) is 6.92 Å². The molecule has 0 fully saturated rings. The van der Waals surface area contributed by atoms with Crippen LogP contribution in [0, 0.1) is 11.3 Å². The first kappa shape index (κ1) is 12.4. The molecule has 0 spiro atoms. The zero-order valence-corrected chi connectivity index (χ0v) is 9.17. The van der Waals surface area contributed by atoms with E-state index < -0.39 is 0 Å². The Morgan fingerprint density at radius 3 is 2.38 bits per heavy atom. The van der Waals surface area contributed by atoms with E-state index in [2.05, 4.69) is 37.1 Å². The van der Waals surface area contributed by atoms with Gasteiger partial charge >= 0.3 is 0 Å². The van der Waals surface area contributed by atoms with Crippen molar-refractivity contribution < 1.29 is 0 Å². The lowest BCUT2D eigenvalue weighted by molar-refractivity contribution is 0.212. The van der Waals surface area contributed by atoms with Gasteiger partial charge in [0.05, 0.1) is 6.07 Å². The van der Waals surface area contributed by atoms with Crippen molar-refractivity contribution in [3.63, 3.8) is 0 Å². The molecule has 13 heavy (non-hydrogen) atoms. The third-order valence-corrected chi connectivity index (χ3v) is 2.16. The summed E-state index contributed by atoms with van der Waals surface area (Å²) in [6, 6.07) is 2.71. The molecule has 0 saturated heterocycles. The van der Waals surface area contributed by atoms with Gasteiger partial charge < -0.3 is 5.32 Å². The molecular formula is C10H21N3. The second-order valence-electron chi connectivity index (χ2n) is 3.56. The maximum absolute atomic E-state index is 8.79. The summed E-state index contributed by atoms with van der Waals surface area (Å²) < 4.78 is 0. The highest BCUT2D eigenvalue weighted by molar-refractivity contribution is 4.91. The summed E-state index contributed by atoms with van der Waals surface area (Å²) in [5, 5.41) is 11.8. The Bertz CT molecular complexity index is 160. The Hall–Kier alpha value is -0.590. The second-order valence-corrected chi connectivity index (χ2v) is 3.56. The molecule has 1 N–H and O–H groups in total. The predicted octanol–water partition coefficient (Wildman–Crippen LogP) is 1.22. The molecule has 1 unspecified atom stereocenters.